The zero-order valence-corrected chi connectivity index (χ0v) is 11.0. The minimum absolute atomic E-state index is 0.264. The lowest BCUT2D eigenvalue weighted by atomic mass is 10.2. The summed E-state index contributed by atoms with van der Waals surface area (Å²) in [5.74, 6) is 0.495. The van der Waals surface area contributed by atoms with Crippen molar-refractivity contribution in [3.05, 3.63) is 51.9 Å². The third kappa shape index (κ3) is 2.93. The molecule has 100 valence electrons. The fourth-order valence-corrected chi connectivity index (χ4v) is 1.76. The summed E-state index contributed by atoms with van der Waals surface area (Å²) in [4.78, 5) is 11.8. The van der Waals surface area contributed by atoms with Gasteiger partial charge in [-0.3, -0.25) is 4.79 Å². The van der Waals surface area contributed by atoms with E-state index in [1.54, 1.807) is 7.11 Å². The van der Waals surface area contributed by atoms with Gasteiger partial charge < -0.3 is 9.84 Å². The summed E-state index contributed by atoms with van der Waals surface area (Å²) in [5.41, 5.74) is 1.13. The third-order valence-electron chi connectivity index (χ3n) is 2.86. The zero-order chi connectivity index (χ0) is 13.8. The Kier molecular flexibility index (Phi) is 3.85. The molecular weight excluding hydrogens is 244 g/mol. The second kappa shape index (κ2) is 5.56. The average Bonchev–Trinajstić information content (AvgIpc) is 2.44. The maximum Gasteiger partial charge on any atom is 0.309 e. The van der Waals surface area contributed by atoms with Crippen molar-refractivity contribution in [2.45, 2.75) is 19.9 Å². The molecule has 0 fully saturated rings. The Hall–Kier alpha value is -2.30. The highest BCUT2D eigenvalue weighted by molar-refractivity contribution is 5.27. The molecule has 1 aromatic heterocycles. The summed E-state index contributed by atoms with van der Waals surface area (Å²) in [6, 6.07) is 8.78. The van der Waals surface area contributed by atoms with Gasteiger partial charge in [0.1, 0.15) is 5.75 Å². The molecule has 0 saturated heterocycles. The first-order valence-corrected chi connectivity index (χ1v) is 6.07. The Morgan fingerprint density at radius 1 is 1.32 bits per heavy atom. The van der Waals surface area contributed by atoms with Crippen molar-refractivity contribution in [3.63, 3.8) is 0 Å². The fourth-order valence-electron chi connectivity index (χ4n) is 1.76. The van der Waals surface area contributed by atoms with Gasteiger partial charge in [-0.2, -0.15) is 5.10 Å². The predicted molar refractivity (Wildman–Crippen MR) is 71.6 cm³/mol. The van der Waals surface area contributed by atoms with Crippen LogP contribution in [0, 0.1) is 0 Å². The van der Waals surface area contributed by atoms with Crippen LogP contribution in [0.15, 0.2) is 35.1 Å². The Morgan fingerprint density at radius 2 is 2.00 bits per heavy atom. The van der Waals surface area contributed by atoms with E-state index in [2.05, 4.69) is 5.10 Å². The number of aromatic nitrogens is 2. The normalized spacial score (nSPS) is 10.4. The molecule has 1 aromatic carbocycles. The van der Waals surface area contributed by atoms with Crippen LogP contribution in [0.1, 0.15) is 18.2 Å². The number of hydrogen-bond donors (Lipinski definition) is 1. The van der Waals surface area contributed by atoms with Gasteiger partial charge in [0.15, 0.2) is 5.75 Å². The summed E-state index contributed by atoms with van der Waals surface area (Å²) in [6.45, 7) is 2.24. The van der Waals surface area contributed by atoms with Crippen molar-refractivity contribution in [2.75, 3.05) is 7.11 Å². The Labute approximate surface area is 111 Å². The van der Waals surface area contributed by atoms with Gasteiger partial charge in [-0.05, 0) is 24.1 Å². The van der Waals surface area contributed by atoms with E-state index in [4.69, 9.17) is 4.74 Å². The van der Waals surface area contributed by atoms with Gasteiger partial charge in [0.2, 0.25) is 0 Å². The number of aromatic hydroxyl groups is 1. The highest BCUT2D eigenvalue weighted by Crippen LogP contribution is 2.12. The summed E-state index contributed by atoms with van der Waals surface area (Å²) in [6.07, 6.45) is 0.663. The maximum absolute atomic E-state index is 11.8. The van der Waals surface area contributed by atoms with Crippen LogP contribution in [-0.4, -0.2) is 22.0 Å². The molecule has 0 bridgehead atoms. The lowest BCUT2D eigenvalue weighted by Crippen LogP contribution is -2.24. The molecule has 1 heterocycles. The second-order valence-electron chi connectivity index (χ2n) is 4.19. The molecule has 0 radical (unpaired) electrons. The predicted octanol–water partition coefficient (Wildman–Crippen LogP) is 1.57. The van der Waals surface area contributed by atoms with Gasteiger partial charge >= 0.3 is 5.56 Å². The zero-order valence-electron chi connectivity index (χ0n) is 11.0. The molecule has 0 saturated carbocycles. The van der Waals surface area contributed by atoms with Crippen LogP contribution in [0.25, 0.3) is 0 Å². The Morgan fingerprint density at radius 3 is 2.58 bits per heavy atom. The van der Waals surface area contributed by atoms with Crippen molar-refractivity contribution < 1.29 is 9.84 Å². The Bertz CT molecular complexity index is 618. The van der Waals surface area contributed by atoms with Crippen LogP contribution in [0.4, 0.5) is 0 Å². The first kappa shape index (κ1) is 13.1. The van der Waals surface area contributed by atoms with Gasteiger partial charge in [-0.1, -0.05) is 19.1 Å². The van der Waals surface area contributed by atoms with Gasteiger partial charge in [0, 0.05) is 6.07 Å². The Balaban J connectivity index is 2.31. The van der Waals surface area contributed by atoms with E-state index in [0.717, 1.165) is 11.3 Å². The monoisotopic (exact) mass is 260 g/mol. The van der Waals surface area contributed by atoms with Crippen molar-refractivity contribution in [3.8, 4) is 11.5 Å². The highest BCUT2D eigenvalue weighted by atomic mass is 16.5. The molecule has 5 heteroatoms. The maximum atomic E-state index is 11.8. The lowest BCUT2D eigenvalue weighted by Gasteiger charge is -2.08. The van der Waals surface area contributed by atoms with Crippen LogP contribution in [0.5, 0.6) is 11.5 Å². The van der Waals surface area contributed by atoms with Crippen LogP contribution >= 0.6 is 0 Å². The van der Waals surface area contributed by atoms with Gasteiger partial charge in [-0.15, -0.1) is 0 Å². The molecular formula is C14H16N2O3. The molecule has 19 heavy (non-hydrogen) atoms. The average molecular weight is 260 g/mol. The highest BCUT2D eigenvalue weighted by Gasteiger charge is 2.07. The van der Waals surface area contributed by atoms with E-state index in [1.165, 1.54) is 10.7 Å². The van der Waals surface area contributed by atoms with Crippen LogP contribution in [0.2, 0.25) is 0 Å². The quantitative estimate of drug-likeness (QED) is 0.906. The third-order valence-corrected chi connectivity index (χ3v) is 2.86. The number of hydrogen-bond acceptors (Lipinski definition) is 4. The fraction of sp³-hybridized carbons (Fsp3) is 0.286. The summed E-state index contributed by atoms with van der Waals surface area (Å²) in [5, 5.41) is 13.8. The first-order valence-electron chi connectivity index (χ1n) is 6.07. The molecule has 0 unspecified atom stereocenters. The first-order chi connectivity index (χ1) is 9.13. The molecule has 2 rings (SSSR count). The van der Waals surface area contributed by atoms with E-state index < -0.39 is 5.56 Å². The number of ether oxygens (including phenoxy) is 1. The van der Waals surface area contributed by atoms with Gasteiger partial charge in [-0.25, -0.2) is 4.68 Å². The van der Waals surface area contributed by atoms with Crippen LogP contribution < -0.4 is 10.3 Å². The van der Waals surface area contributed by atoms with E-state index in [1.807, 2.05) is 31.2 Å². The minimum atomic E-state index is -0.479. The summed E-state index contributed by atoms with van der Waals surface area (Å²) in [7, 11) is 1.60. The van der Waals surface area contributed by atoms with Gasteiger partial charge in [0.05, 0.1) is 19.3 Å². The number of nitrogens with zero attached hydrogens (tertiary/aromatic N) is 2. The second-order valence-corrected chi connectivity index (χ2v) is 4.19. The minimum Gasteiger partial charge on any atom is -0.503 e. The molecule has 0 amide bonds. The molecule has 0 aliphatic rings. The molecule has 0 aliphatic carbocycles. The smallest absolute Gasteiger partial charge is 0.309 e. The number of methoxy groups -OCH3 is 1. The van der Waals surface area contributed by atoms with E-state index in [0.29, 0.717) is 18.7 Å². The molecule has 0 atom stereocenters. The van der Waals surface area contributed by atoms with Crippen molar-refractivity contribution >= 4 is 0 Å². The SMILES string of the molecule is CCc1cc(O)c(=O)n(Cc2ccc(OC)cc2)n1. The van der Waals surface area contributed by atoms with E-state index >= 15 is 0 Å². The number of rotatable bonds is 4. The summed E-state index contributed by atoms with van der Waals surface area (Å²) >= 11 is 0. The topological polar surface area (TPSA) is 64.3 Å². The molecule has 1 N–H and O–H groups in total. The standard InChI is InChI=1S/C14H16N2O3/c1-3-11-8-13(17)14(18)16(15-11)9-10-4-6-12(19-2)7-5-10/h4-8,17H,3,9H2,1-2H3. The lowest BCUT2D eigenvalue weighted by molar-refractivity contribution is 0.414. The van der Waals surface area contributed by atoms with E-state index in [-0.39, 0.29) is 5.75 Å². The van der Waals surface area contributed by atoms with Crippen LogP contribution in [-0.2, 0) is 13.0 Å². The van der Waals surface area contributed by atoms with E-state index in [9.17, 15) is 9.90 Å². The number of aryl methyl sites for hydroxylation is 1. The van der Waals surface area contributed by atoms with Crippen LogP contribution in [0.3, 0.4) is 0 Å². The molecule has 5 nitrogen and oxygen atoms in total. The summed E-state index contributed by atoms with van der Waals surface area (Å²) < 4.78 is 6.35. The molecule has 0 aliphatic heterocycles. The van der Waals surface area contributed by atoms with Crippen molar-refractivity contribution in [1.29, 1.82) is 0 Å². The molecule has 0 spiro atoms. The number of benzene rings is 1. The van der Waals surface area contributed by atoms with Crippen molar-refractivity contribution in [2.24, 2.45) is 0 Å². The largest absolute Gasteiger partial charge is 0.503 e. The molecule has 2 aromatic rings. The van der Waals surface area contributed by atoms with Gasteiger partial charge in [0.25, 0.3) is 0 Å². The van der Waals surface area contributed by atoms with Crippen molar-refractivity contribution in [1.82, 2.24) is 9.78 Å².